The van der Waals surface area contributed by atoms with Gasteiger partial charge in [0.2, 0.25) is 5.91 Å². The number of anilines is 2. The molecule has 4 rings (SSSR count). The number of benzene rings is 1. The van der Waals surface area contributed by atoms with Gasteiger partial charge in [-0.1, -0.05) is 17.7 Å². The molecule has 1 atom stereocenters. The maximum absolute atomic E-state index is 13.9. The zero-order chi connectivity index (χ0) is 19.0. The molecule has 1 unspecified atom stereocenters. The summed E-state index contributed by atoms with van der Waals surface area (Å²) in [6.07, 6.45) is 4.27. The van der Waals surface area contributed by atoms with Crippen molar-refractivity contribution in [2.24, 2.45) is 0 Å². The van der Waals surface area contributed by atoms with E-state index in [2.05, 4.69) is 25.6 Å². The first-order valence-electron chi connectivity index (χ1n) is 8.29. The highest BCUT2D eigenvalue weighted by Crippen LogP contribution is 2.40. The minimum Gasteiger partial charge on any atom is -0.383 e. The fourth-order valence-electron chi connectivity index (χ4n) is 3.34. The third-order valence-electron chi connectivity index (χ3n) is 4.64. The van der Waals surface area contributed by atoms with Crippen molar-refractivity contribution in [1.29, 1.82) is 0 Å². The van der Waals surface area contributed by atoms with Crippen LogP contribution in [0.5, 0.6) is 0 Å². The number of nitrogens with zero attached hydrogens (tertiary/aromatic N) is 3. The molecule has 3 aromatic rings. The Morgan fingerprint density at radius 3 is 3.04 bits per heavy atom. The summed E-state index contributed by atoms with van der Waals surface area (Å²) in [6, 6.07) is 4.99. The highest BCUT2D eigenvalue weighted by atomic mass is 35.5. The molecule has 1 aliphatic rings. The molecule has 3 heterocycles. The van der Waals surface area contributed by atoms with Gasteiger partial charge in [0.05, 0.1) is 17.4 Å². The van der Waals surface area contributed by atoms with E-state index in [1.54, 1.807) is 25.3 Å². The number of hydrogen-bond donors (Lipinski definition) is 2. The van der Waals surface area contributed by atoms with Gasteiger partial charge in [-0.05, 0) is 24.6 Å². The monoisotopic (exact) mass is 383 g/mol. The predicted octanol–water partition coefficient (Wildman–Crippen LogP) is 3.72. The number of rotatable bonds is 3. The van der Waals surface area contributed by atoms with Crippen LogP contribution in [0.1, 0.15) is 22.7 Å². The van der Waals surface area contributed by atoms with Crippen LogP contribution in [0.3, 0.4) is 0 Å². The summed E-state index contributed by atoms with van der Waals surface area (Å²) >= 11 is 5.43. The van der Waals surface area contributed by atoms with Crippen molar-refractivity contribution in [3.05, 3.63) is 65.0 Å². The lowest BCUT2D eigenvalue weighted by molar-refractivity contribution is -0.111. The molecule has 1 aliphatic heterocycles. The van der Waals surface area contributed by atoms with Gasteiger partial charge in [-0.3, -0.25) is 4.79 Å². The first-order chi connectivity index (χ1) is 13.1. The number of aromatic nitrogens is 3. The lowest BCUT2D eigenvalue weighted by atomic mass is 9.94. The molecule has 1 aromatic carbocycles. The van der Waals surface area contributed by atoms with E-state index in [0.717, 1.165) is 27.9 Å². The Hall–Kier alpha value is -3.06. The van der Waals surface area contributed by atoms with Crippen LogP contribution in [0.25, 0.3) is 10.9 Å². The van der Waals surface area contributed by atoms with Crippen molar-refractivity contribution in [3.63, 3.8) is 0 Å². The molecular weight excluding hydrogens is 369 g/mol. The molecule has 0 radical (unpaired) electrons. The van der Waals surface area contributed by atoms with Crippen molar-refractivity contribution < 1.29 is 9.18 Å². The molecule has 136 valence electrons. The van der Waals surface area contributed by atoms with Crippen LogP contribution < -0.4 is 10.6 Å². The fraction of sp³-hybridized carbons (Fsp3) is 0.158. The molecule has 0 fully saturated rings. The highest BCUT2D eigenvalue weighted by Gasteiger charge is 2.28. The molecule has 27 heavy (non-hydrogen) atoms. The molecule has 0 aliphatic carbocycles. The Labute approximate surface area is 159 Å². The van der Waals surface area contributed by atoms with Crippen molar-refractivity contribution >= 4 is 39.9 Å². The largest absolute Gasteiger partial charge is 0.383 e. The van der Waals surface area contributed by atoms with Crippen LogP contribution in [0.15, 0.2) is 42.3 Å². The molecule has 2 aromatic heterocycles. The standard InChI is InChI=1S/C19H15ClFN5O/c1-10-14(21)3-2-11-13(7-23-18(10)11)19-12-6-16(26-17(27)4-5-20)22-8-15(12)24-9-25-19/h2-6,8-9,13,23H,7H2,1H3,(H,22,26,27). The van der Waals surface area contributed by atoms with Gasteiger partial charge < -0.3 is 10.6 Å². The van der Waals surface area contributed by atoms with Gasteiger partial charge >= 0.3 is 0 Å². The lowest BCUT2D eigenvalue weighted by Gasteiger charge is -2.13. The number of amides is 1. The number of hydrogen-bond acceptors (Lipinski definition) is 5. The van der Waals surface area contributed by atoms with E-state index >= 15 is 0 Å². The molecule has 8 heteroatoms. The molecule has 1 amide bonds. The summed E-state index contributed by atoms with van der Waals surface area (Å²) in [6.45, 7) is 2.36. The van der Waals surface area contributed by atoms with Crippen LogP contribution >= 0.6 is 11.6 Å². The third-order valence-corrected chi connectivity index (χ3v) is 4.76. The second-order valence-corrected chi connectivity index (χ2v) is 6.45. The van der Waals surface area contributed by atoms with Gasteiger partial charge in [-0.25, -0.2) is 19.3 Å². The van der Waals surface area contributed by atoms with E-state index in [0.29, 0.717) is 23.4 Å². The summed E-state index contributed by atoms with van der Waals surface area (Å²) in [5, 5.41) is 6.70. The smallest absolute Gasteiger partial charge is 0.250 e. The molecule has 0 spiro atoms. The van der Waals surface area contributed by atoms with E-state index < -0.39 is 0 Å². The molecule has 6 nitrogen and oxygen atoms in total. The molecule has 0 saturated heterocycles. The summed E-state index contributed by atoms with van der Waals surface area (Å²) in [7, 11) is 0. The molecule has 2 N–H and O–H groups in total. The van der Waals surface area contributed by atoms with Crippen LogP contribution in [-0.2, 0) is 4.79 Å². The molecule has 0 bridgehead atoms. The van der Waals surface area contributed by atoms with Gasteiger partial charge in [-0.2, -0.15) is 0 Å². The third kappa shape index (κ3) is 3.10. The summed E-state index contributed by atoms with van der Waals surface area (Å²) in [4.78, 5) is 24.7. The zero-order valence-corrected chi connectivity index (χ0v) is 15.1. The van der Waals surface area contributed by atoms with Crippen molar-refractivity contribution in [2.45, 2.75) is 12.8 Å². The minimum absolute atomic E-state index is 0.0570. The number of carbonyl (C=O) groups excluding carboxylic acids is 1. The van der Waals surface area contributed by atoms with Crippen LogP contribution in [-0.4, -0.2) is 27.4 Å². The second kappa shape index (κ2) is 6.92. The SMILES string of the molecule is Cc1c(F)ccc2c1NCC2c1ncnc2cnc(NC(=O)C=CCl)cc12. The van der Waals surface area contributed by atoms with Crippen LogP contribution in [0, 0.1) is 12.7 Å². The van der Waals surface area contributed by atoms with Crippen molar-refractivity contribution in [1.82, 2.24) is 15.0 Å². The highest BCUT2D eigenvalue weighted by molar-refractivity contribution is 6.27. The summed E-state index contributed by atoms with van der Waals surface area (Å²) in [5.74, 6) is -0.302. The van der Waals surface area contributed by atoms with Crippen LogP contribution in [0.4, 0.5) is 15.9 Å². The number of fused-ring (bicyclic) bond motifs is 2. The van der Waals surface area contributed by atoms with Gasteiger partial charge in [0, 0.05) is 40.7 Å². The average molecular weight is 384 g/mol. The Morgan fingerprint density at radius 2 is 2.22 bits per heavy atom. The molecule has 0 saturated carbocycles. The normalized spacial score (nSPS) is 15.7. The van der Waals surface area contributed by atoms with Crippen molar-refractivity contribution in [3.8, 4) is 0 Å². The first kappa shape index (κ1) is 17.4. The quantitative estimate of drug-likeness (QED) is 0.674. The number of pyridine rings is 1. The van der Waals surface area contributed by atoms with Gasteiger partial charge in [0.25, 0.3) is 0 Å². The number of carbonyl (C=O) groups is 1. The minimum atomic E-state index is -0.380. The van der Waals surface area contributed by atoms with E-state index in [9.17, 15) is 9.18 Å². The zero-order valence-electron chi connectivity index (χ0n) is 14.3. The fourth-order valence-corrected chi connectivity index (χ4v) is 3.45. The van der Waals surface area contributed by atoms with E-state index in [4.69, 9.17) is 11.6 Å². The van der Waals surface area contributed by atoms with Gasteiger partial charge in [-0.15, -0.1) is 0 Å². The Morgan fingerprint density at radius 1 is 1.37 bits per heavy atom. The predicted molar refractivity (Wildman–Crippen MR) is 102 cm³/mol. The first-order valence-corrected chi connectivity index (χ1v) is 8.73. The summed E-state index contributed by atoms with van der Waals surface area (Å²) in [5.41, 5.74) is 4.98. The number of halogens is 2. The van der Waals surface area contributed by atoms with Gasteiger partial charge in [0.15, 0.2) is 0 Å². The second-order valence-electron chi connectivity index (χ2n) is 6.20. The van der Waals surface area contributed by atoms with Crippen LogP contribution in [0.2, 0.25) is 0 Å². The Kier molecular flexibility index (Phi) is 4.45. The number of nitrogens with one attached hydrogen (secondary N) is 2. The van der Waals surface area contributed by atoms with E-state index in [1.807, 2.05) is 0 Å². The average Bonchev–Trinajstić information content (AvgIpc) is 3.09. The topological polar surface area (TPSA) is 79.8 Å². The Bertz CT molecular complexity index is 1090. The Balaban J connectivity index is 1.79. The van der Waals surface area contributed by atoms with Crippen molar-refractivity contribution in [2.75, 3.05) is 17.2 Å². The van der Waals surface area contributed by atoms with Gasteiger partial charge in [0.1, 0.15) is 18.0 Å². The van der Waals surface area contributed by atoms with E-state index in [-0.39, 0.29) is 17.6 Å². The maximum atomic E-state index is 13.9. The molecular formula is C19H15ClFN5O. The van der Waals surface area contributed by atoms with E-state index in [1.165, 1.54) is 18.5 Å². The lowest BCUT2D eigenvalue weighted by Crippen LogP contribution is -2.10. The summed E-state index contributed by atoms with van der Waals surface area (Å²) < 4.78 is 13.9. The maximum Gasteiger partial charge on any atom is 0.250 e.